The SMILES string of the molecule is O=C(CNC12CC3CC(CC(C3)C1)C2)Nc1nc(-c2ccco2)c(C(=O)C2CCOCC2)s1. The van der Waals surface area contributed by atoms with Gasteiger partial charge in [0, 0.05) is 24.7 Å². The van der Waals surface area contributed by atoms with Gasteiger partial charge in [-0.15, -0.1) is 0 Å². The third-order valence-corrected chi connectivity index (χ3v) is 9.09. The molecule has 4 saturated carbocycles. The van der Waals surface area contributed by atoms with Crippen molar-refractivity contribution in [2.75, 3.05) is 25.1 Å². The fraction of sp³-hybridized carbons (Fsp3) is 0.640. The van der Waals surface area contributed by atoms with Crippen molar-refractivity contribution in [3.8, 4) is 11.5 Å². The molecule has 4 bridgehead atoms. The molecule has 5 fully saturated rings. The maximum absolute atomic E-state index is 13.2. The number of anilines is 1. The Morgan fingerprint density at radius 1 is 1.09 bits per heavy atom. The number of rotatable bonds is 7. The Bertz CT molecular complexity index is 989. The number of thiazole rings is 1. The van der Waals surface area contributed by atoms with Gasteiger partial charge in [-0.1, -0.05) is 11.3 Å². The largest absolute Gasteiger partial charge is 0.463 e. The first-order valence-corrected chi connectivity index (χ1v) is 13.1. The van der Waals surface area contributed by atoms with Crippen LogP contribution in [0.2, 0.25) is 0 Å². The number of nitrogens with zero attached hydrogens (tertiary/aromatic N) is 1. The van der Waals surface area contributed by atoms with Crippen LogP contribution in [0, 0.1) is 23.7 Å². The van der Waals surface area contributed by atoms with E-state index in [4.69, 9.17) is 9.15 Å². The number of carbonyl (C=O) groups excluding carboxylic acids is 2. The molecule has 8 heteroatoms. The van der Waals surface area contributed by atoms with E-state index < -0.39 is 0 Å². The molecule has 1 amide bonds. The molecule has 0 spiro atoms. The molecule has 0 radical (unpaired) electrons. The second-order valence-electron chi connectivity index (χ2n) is 10.5. The van der Waals surface area contributed by atoms with Gasteiger partial charge in [0.15, 0.2) is 16.7 Å². The highest BCUT2D eigenvalue weighted by molar-refractivity contribution is 7.18. The zero-order valence-electron chi connectivity index (χ0n) is 18.8. The van der Waals surface area contributed by atoms with Crippen molar-refractivity contribution < 1.29 is 18.7 Å². The third kappa shape index (κ3) is 4.29. The number of ketones is 1. The second-order valence-corrected chi connectivity index (χ2v) is 11.5. The zero-order valence-corrected chi connectivity index (χ0v) is 19.6. The summed E-state index contributed by atoms with van der Waals surface area (Å²) >= 11 is 1.25. The van der Waals surface area contributed by atoms with Crippen LogP contribution in [-0.2, 0) is 9.53 Å². The minimum Gasteiger partial charge on any atom is -0.463 e. The average molecular weight is 470 g/mol. The summed E-state index contributed by atoms with van der Waals surface area (Å²) in [4.78, 5) is 31.3. The lowest BCUT2D eigenvalue weighted by Gasteiger charge is -2.57. The molecule has 0 atom stereocenters. The van der Waals surface area contributed by atoms with Crippen molar-refractivity contribution in [2.24, 2.45) is 23.7 Å². The van der Waals surface area contributed by atoms with Crippen LogP contribution >= 0.6 is 11.3 Å². The topological polar surface area (TPSA) is 93.5 Å². The molecule has 3 heterocycles. The smallest absolute Gasteiger partial charge is 0.240 e. The number of aromatic nitrogens is 1. The molecule has 2 aromatic heterocycles. The van der Waals surface area contributed by atoms with E-state index in [2.05, 4.69) is 15.6 Å². The molecule has 2 aromatic rings. The fourth-order valence-electron chi connectivity index (χ4n) is 7.02. The van der Waals surface area contributed by atoms with Gasteiger partial charge in [0.2, 0.25) is 5.91 Å². The zero-order chi connectivity index (χ0) is 22.4. The van der Waals surface area contributed by atoms with Crippen LogP contribution in [0.1, 0.15) is 61.0 Å². The third-order valence-electron chi connectivity index (χ3n) is 8.11. The van der Waals surface area contributed by atoms with Crippen molar-refractivity contribution in [1.29, 1.82) is 0 Å². The van der Waals surface area contributed by atoms with Crippen molar-refractivity contribution in [2.45, 2.75) is 56.9 Å². The highest BCUT2D eigenvalue weighted by Crippen LogP contribution is 2.55. The summed E-state index contributed by atoms with van der Waals surface area (Å²) in [5.74, 6) is 2.94. The summed E-state index contributed by atoms with van der Waals surface area (Å²) in [6.45, 7) is 1.49. The minimum absolute atomic E-state index is 0.0643. The predicted molar refractivity (Wildman–Crippen MR) is 125 cm³/mol. The minimum atomic E-state index is -0.101. The van der Waals surface area contributed by atoms with E-state index in [9.17, 15) is 9.59 Å². The summed E-state index contributed by atoms with van der Waals surface area (Å²) in [5.41, 5.74) is 0.657. The van der Waals surface area contributed by atoms with Gasteiger partial charge < -0.3 is 19.8 Å². The fourth-order valence-corrected chi connectivity index (χ4v) is 8.03. The van der Waals surface area contributed by atoms with E-state index in [1.165, 1.54) is 49.9 Å². The summed E-state index contributed by atoms with van der Waals surface area (Å²) in [7, 11) is 0. The van der Waals surface area contributed by atoms with Crippen LogP contribution in [0.5, 0.6) is 0 Å². The lowest BCUT2D eigenvalue weighted by Crippen LogP contribution is -2.59. The van der Waals surface area contributed by atoms with Gasteiger partial charge in [-0.3, -0.25) is 9.59 Å². The van der Waals surface area contributed by atoms with Crippen LogP contribution in [0.15, 0.2) is 22.8 Å². The first-order chi connectivity index (χ1) is 16.1. The van der Waals surface area contributed by atoms with E-state index in [1.54, 1.807) is 18.4 Å². The van der Waals surface area contributed by atoms with E-state index in [1.807, 2.05) is 0 Å². The molecule has 1 aliphatic heterocycles. The first-order valence-electron chi connectivity index (χ1n) is 12.3. The molecule has 2 N–H and O–H groups in total. The Balaban J connectivity index is 1.15. The molecule has 33 heavy (non-hydrogen) atoms. The number of carbonyl (C=O) groups is 2. The lowest BCUT2D eigenvalue weighted by molar-refractivity contribution is -0.116. The van der Waals surface area contributed by atoms with Crippen LogP contribution < -0.4 is 10.6 Å². The molecule has 0 aromatic carbocycles. The Kier molecular flexibility index (Phi) is 5.63. The molecule has 5 aliphatic rings. The first kappa shape index (κ1) is 21.5. The van der Waals surface area contributed by atoms with E-state index in [0.29, 0.717) is 47.5 Å². The maximum Gasteiger partial charge on any atom is 0.240 e. The van der Waals surface area contributed by atoms with E-state index in [0.717, 1.165) is 17.8 Å². The van der Waals surface area contributed by atoms with E-state index in [-0.39, 0.29) is 29.7 Å². The Morgan fingerprint density at radius 2 is 1.79 bits per heavy atom. The predicted octanol–water partition coefficient (Wildman–Crippen LogP) is 4.51. The number of hydrogen-bond donors (Lipinski definition) is 2. The van der Waals surface area contributed by atoms with Gasteiger partial charge >= 0.3 is 0 Å². The summed E-state index contributed by atoms with van der Waals surface area (Å²) in [6, 6.07) is 3.58. The van der Waals surface area contributed by atoms with Crippen molar-refractivity contribution in [3.63, 3.8) is 0 Å². The van der Waals surface area contributed by atoms with Crippen molar-refractivity contribution in [3.05, 3.63) is 23.3 Å². The molecular formula is C25H31N3O4S. The molecule has 1 saturated heterocycles. The van der Waals surface area contributed by atoms with Crippen LogP contribution in [0.3, 0.4) is 0 Å². The number of amides is 1. The van der Waals surface area contributed by atoms with Gasteiger partial charge in [0.05, 0.1) is 12.8 Å². The van der Waals surface area contributed by atoms with E-state index >= 15 is 0 Å². The molecule has 176 valence electrons. The Labute approximate surface area is 197 Å². The number of nitrogens with one attached hydrogen (secondary N) is 2. The summed E-state index contributed by atoms with van der Waals surface area (Å²) in [5, 5.41) is 7.03. The normalized spacial score (nSPS) is 31.1. The molecule has 0 unspecified atom stereocenters. The molecular weight excluding hydrogens is 438 g/mol. The Hall–Kier alpha value is -2.03. The molecule has 7 rings (SSSR count). The van der Waals surface area contributed by atoms with Gasteiger partial charge in [-0.2, -0.15) is 0 Å². The van der Waals surface area contributed by atoms with Gasteiger partial charge in [0.25, 0.3) is 0 Å². The monoisotopic (exact) mass is 469 g/mol. The van der Waals surface area contributed by atoms with Gasteiger partial charge in [-0.25, -0.2) is 4.98 Å². The standard InChI is InChI=1S/C25H31N3O4S/c29-20(14-26-25-11-15-8-16(12-25)10-17(9-15)13-25)27-24-28-21(19-2-1-5-32-19)23(33-24)22(30)18-3-6-31-7-4-18/h1-2,5,15-18,26H,3-4,6-14H2,(H,27,28,29). The lowest BCUT2D eigenvalue weighted by atomic mass is 9.53. The average Bonchev–Trinajstić information content (AvgIpc) is 3.47. The van der Waals surface area contributed by atoms with Crippen LogP contribution in [-0.4, -0.2) is 42.0 Å². The van der Waals surface area contributed by atoms with Gasteiger partial charge in [-0.05, 0) is 81.3 Å². The maximum atomic E-state index is 13.2. The molecule has 7 nitrogen and oxygen atoms in total. The highest BCUT2D eigenvalue weighted by Gasteiger charge is 2.50. The van der Waals surface area contributed by atoms with Crippen molar-refractivity contribution in [1.82, 2.24) is 10.3 Å². The quantitative estimate of drug-likeness (QED) is 0.580. The van der Waals surface area contributed by atoms with Crippen LogP contribution in [0.4, 0.5) is 5.13 Å². The van der Waals surface area contributed by atoms with Crippen LogP contribution in [0.25, 0.3) is 11.5 Å². The van der Waals surface area contributed by atoms with Gasteiger partial charge in [0.1, 0.15) is 10.6 Å². The number of ether oxygens (including phenoxy) is 1. The number of hydrogen-bond acceptors (Lipinski definition) is 7. The number of furan rings is 1. The Morgan fingerprint density at radius 3 is 2.42 bits per heavy atom. The highest BCUT2D eigenvalue weighted by atomic mass is 32.1. The number of Topliss-reactive ketones (excluding diaryl/α,β-unsaturated/α-hetero) is 1. The summed E-state index contributed by atoms with van der Waals surface area (Å²) < 4.78 is 11.0. The van der Waals surface area contributed by atoms with Crippen molar-refractivity contribution >= 4 is 28.2 Å². The second kappa shape index (κ2) is 8.64. The summed E-state index contributed by atoms with van der Waals surface area (Å²) in [6.07, 6.45) is 10.8. The molecule has 4 aliphatic carbocycles.